The van der Waals surface area contributed by atoms with E-state index in [1.54, 1.807) is 13.3 Å². The number of piperidine rings is 1. The van der Waals surface area contributed by atoms with Gasteiger partial charge in [0, 0.05) is 11.6 Å². The van der Waals surface area contributed by atoms with Gasteiger partial charge < -0.3 is 15.4 Å². The molecule has 1 aromatic carbocycles. The van der Waals surface area contributed by atoms with Gasteiger partial charge in [-0.1, -0.05) is 0 Å². The second-order valence-electron chi connectivity index (χ2n) is 5.26. The molecule has 1 amide bonds. The van der Waals surface area contributed by atoms with Gasteiger partial charge in [0.25, 0.3) is 5.91 Å². The number of hydrogen-bond donors (Lipinski definition) is 2. The number of ether oxygens (including phenoxy) is 1. The fraction of sp³-hybridized carbons (Fsp3) is 0.375. The Morgan fingerprint density at radius 1 is 1.30 bits per heavy atom. The van der Waals surface area contributed by atoms with Crippen LogP contribution in [0.2, 0.25) is 0 Å². The standard InChI is InChI=1S/C16H19N3O2S.ClH/c1-21-13-4-2-11(3-5-13)16-18-10-14(22-16)15(20)19-12-6-8-17-9-7-12;/h2-5,10,12,17H,6-9H2,1H3,(H,19,20);1H. The summed E-state index contributed by atoms with van der Waals surface area (Å²) < 4.78 is 5.15. The first-order chi connectivity index (χ1) is 10.8. The summed E-state index contributed by atoms with van der Waals surface area (Å²) in [7, 11) is 1.64. The van der Waals surface area contributed by atoms with Crippen LogP contribution >= 0.6 is 23.7 Å². The van der Waals surface area contributed by atoms with Crippen LogP contribution < -0.4 is 15.4 Å². The summed E-state index contributed by atoms with van der Waals surface area (Å²) in [6.07, 6.45) is 3.62. The molecule has 0 radical (unpaired) electrons. The predicted octanol–water partition coefficient (Wildman–Crippen LogP) is 2.72. The number of thiazole rings is 1. The predicted molar refractivity (Wildman–Crippen MR) is 94.7 cm³/mol. The molecule has 1 aliphatic rings. The van der Waals surface area contributed by atoms with Crippen LogP contribution in [0.4, 0.5) is 0 Å². The highest BCUT2D eigenvalue weighted by molar-refractivity contribution is 7.16. The molecular formula is C16H20ClN3O2S. The van der Waals surface area contributed by atoms with E-state index in [-0.39, 0.29) is 24.4 Å². The van der Waals surface area contributed by atoms with Gasteiger partial charge in [0.2, 0.25) is 0 Å². The molecule has 3 rings (SSSR count). The van der Waals surface area contributed by atoms with Gasteiger partial charge >= 0.3 is 0 Å². The molecule has 1 aliphatic heterocycles. The van der Waals surface area contributed by atoms with E-state index in [9.17, 15) is 4.79 Å². The molecule has 0 unspecified atom stereocenters. The number of methoxy groups -OCH3 is 1. The summed E-state index contributed by atoms with van der Waals surface area (Å²) in [5.41, 5.74) is 0.992. The first-order valence-electron chi connectivity index (χ1n) is 7.38. The van der Waals surface area contributed by atoms with Gasteiger partial charge in [-0.15, -0.1) is 23.7 Å². The molecule has 23 heavy (non-hydrogen) atoms. The van der Waals surface area contributed by atoms with Crippen LogP contribution in [0.1, 0.15) is 22.5 Å². The average molecular weight is 354 g/mol. The number of carbonyl (C=O) groups excluding carboxylic acids is 1. The molecule has 0 spiro atoms. The number of hydrogen-bond acceptors (Lipinski definition) is 5. The Balaban J connectivity index is 0.00000192. The maximum absolute atomic E-state index is 12.3. The van der Waals surface area contributed by atoms with Crippen molar-refractivity contribution in [2.24, 2.45) is 0 Å². The normalized spacial score (nSPS) is 14.8. The highest BCUT2D eigenvalue weighted by Gasteiger charge is 2.18. The van der Waals surface area contributed by atoms with Crippen molar-refractivity contribution in [1.29, 1.82) is 0 Å². The van der Waals surface area contributed by atoms with Crippen LogP contribution in [-0.4, -0.2) is 37.1 Å². The molecule has 2 N–H and O–H groups in total. The molecule has 7 heteroatoms. The van der Waals surface area contributed by atoms with Gasteiger partial charge in [-0.3, -0.25) is 4.79 Å². The van der Waals surface area contributed by atoms with Crippen molar-refractivity contribution < 1.29 is 9.53 Å². The van der Waals surface area contributed by atoms with E-state index >= 15 is 0 Å². The Morgan fingerprint density at radius 3 is 2.65 bits per heavy atom. The fourth-order valence-corrected chi connectivity index (χ4v) is 3.29. The second-order valence-corrected chi connectivity index (χ2v) is 6.29. The number of nitrogens with one attached hydrogen (secondary N) is 2. The largest absolute Gasteiger partial charge is 0.497 e. The molecule has 5 nitrogen and oxygen atoms in total. The summed E-state index contributed by atoms with van der Waals surface area (Å²) in [6.45, 7) is 1.93. The van der Waals surface area contributed by atoms with Gasteiger partial charge in [0.1, 0.15) is 15.6 Å². The Labute approximate surface area is 145 Å². The number of nitrogens with zero attached hydrogens (tertiary/aromatic N) is 1. The Bertz CT molecular complexity index is 639. The van der Waals surface area contributed by atoms with Crippen molar-refractivity contribution in [2.45, 2.75) is 18.9 Å². The highest BCUT2D eigenvalue weighted by atomic mass is 35.5. The zero-order chi connectivity index (χ0) is 15.4. The molecular weight excluding hydrogens is 334 g/mol. The summed E-state index contributed by atoms with van der Waals surface area (Å²) >= 11 is 1.42. The van der Waals surface area contributed by atoms with Crippen molar-refractivity contribution >= 4 is 29.7 Å². The van der Waals surface area contributed by atoms with Gasteiger partial charge in [-0.05, 0) is 50.2 Å². The second kappa shape index (κ2) is 8.29. The lowest BCUT2D eigenvalue weighted by Gasteiger charge is -2.23. The summed E-state index contributed by atoms with van der Waals surface area (Å²) in [5, 5.41) is 7.23. The van der Waals surface area contributed by atoms with Crippen LogP contribution in [0.5, 0.6) is 5.75 Å². The van der Waals surface area contributed by atoms with E-state index in [1.165, 1.54) is 11.3 Å². The lowest BCUT2D eigenvalue weighted by molar-refractivity contribution is 0.0933. The number of rotatable bonds is 4. The molecule has 2 heterocycles. The molecule has 0 aliphatic carbocycles. The van der Waals surface area contributed by atoms with E-state index in [0.29, 0.717) is 4.88 Å². The Hall–Kier alpha value is -1.63. The van der Waals surface area contributed by atoms with E-state index in [0.717, 1.165) is 42.3 Å². The van der Waals surface area contributed by atoms with E-state index in [4.69, 9.17) is 4.74 Å². The summed E-state index contributed by atoms with van der Waals surface area (Å²) in [6, 6.07) is 7.95. The van der Waals surface area contributed by atoms with E-state index in [1.807, 2.05) is 24.3 Å². The minimum Gasteiger partial charge on any atom is -0.497 e. The molecule has 0 bridgehead atoms. The smallest absolute Gasteiger partial charge is 0.263 e. The van der Waals surface area contributed by atoms with Crippen LogP contribution in [0.25, 0.3) is 10.6 Å². The summed E-state index contributed by atoms with van der Waals surface area (Å²) in [4.78, 5) is 17.3. The monoisotopic (exact) mass is 353 g/mol. The van der Waals surface area contributed by atoms with Crippen LogP contribution in [0, 0.1) is 0 Å². The molecule has 2 aromatic rings. The number of benzene rings is 1. The quantitative estimate of drug-likeness (QED) is 0.887. The molecule has 1 aromatic heterocycles. The zero-order valence-corrected chi connectivity index (χ0v) is 14.5. The molecule has 1 saturated heterocycles. The Kier molecular flexibility index (Phi) is 6.38. The molecule has 124 valence electrons. The van der Waals surface area contributed by atoms with Crippen molar-refractivity contribution in [2.75, 3.05) is 20.2 Å². The Morgan fingerprint density at radius 2 is 2.00 bits per heavy atom. The maximum Gasteiger partial charge on any atom is 0.263 e. The molecule has 0 saturated carbocycles. The third-order valence-corrected chi connectivity index (χ3v) is 4.79. The number of halogens is 1. The number of aromatic nitrogens is 1. The first-order valence-corrected chi connectivity index (χ1v) is 8.20. The topological polar surface area (TPSA) is 63.2 Å². The third-order valence-electron chi connectivity index (χ3n) is 3.74. The number of amides is 1. The van der Waals surface area contributed by atoms with Crippen molar-refractivity contribution in [3.05, 3.63) is 35.3 Å². The SMILES string of the molecule is COc1ccc(-c2ncc(C(=O)NC3CCNCC3)s2)cc1.Cl. The van der Waals surface area contributed by atoms with Gasteiger partial charge in [-0.25, -0.2) is 4.98 Å². The average Bonchev–Trinajstić information content (AvgIpc) is 3.06. The highest BCUT2D eigenvalue weighted by Crippen LogP contribution is 2.26. The van der Waals surface area contributed by atoms with Crippen LogP contribution in [0.3, 0.4) is 0 Å². The van der Waals surface area contributed by atoms with Crippen molar-refractivity contribution in [1.82, 2.24) is 15.6 Å². The maximum atomic E-state index is 12.3. The lowest BCUT2D eigenvalue weighted by atomic mass is 10.1. The van der Waals surface area contributed by atoms with Crippen LogP contribution in [0.15, 0.2) is 30.5 Å². The minimum atomic E-state index is -0.0239. The minimum absolute atomic E-state index is 0. The van der Waals surface area contributed by atoms with Crippen molar-refractivity contribution in [3.63, 3.8) is 0 Å². The number of carbonyl (C=O) groups is 1. The fourth-order valence-electron chi connectivity index (χ4n) is 2.47. The summed E-state index contributed by atoms with van der Waals surface area (Å²) in [5.74, 6) is 0.786. The third kappa shape index (κ3) is 4.43. The van der Waals surface area contributed by atoms with Gasteiger partial charge in [0.15, 0.2) is 0 Å². The van der Waals surface area contributed by atoms with Gasteiger partial charge in [-0.2, -0.15) is 0 Å². The molecule has 0 atom stereocenters. The first kappa shape index (κ1) is 17.7. The lowest BCUT2D eigenvalue weighted by Crippen LogP contribution is -2.42. The van der Waals surface area contributed by atoms with Crippen molar-refractivity contribution in [3.8, 4) is 16.3 Å². The molecule has 1 fully saturated rings. The van der Waals surface area contributed by atoms with E-state index < -0.39 is 0 Å². The zero-order valence-electron chi connectivity index (χ0n) is 12.9. The van der Waals surface area contributed by atoms with Crippen LogP contribution in [-0.2, 0) is 0 Å². The van der Waals surface area contributed by atoms with Gasteiger partial charge in [0.05, 0.1) is 13.3 Å². The van der Waals surface area contributed by atoms with E-state index in [2.05, 4.69) is 15.6 Å².